The van der Waals surface area contributed by atoms with Crippen molar-refractivity contribution in [2.75, 3.05) is 0 Å². The number of aryl methyl sites for hydroxylation is 1. The van der Waals surface area contributed by atoms with Gasteiger partial charge in [-0.2, -0.15) is 10.1 Å². The number of benzene rings is 1. The number of hydrogen-bond donors (Lipinski definition) is 0. The average Bonchev–Trinajstić information content (AvgIpc) is 2.90. The molecule has 0 bridgehead atoms. The van der Waals surface area contributed by atoms with Crippen molar-refractivity contribution in [2.24, 2.45) is 4.99 Å². The molecule has 0 atom stereocenters. The maximum Gasteiger partial charge on any atom is 0.282 e. The average molecular weight is 370 g/mol. The van der Waals surface area contributed by atoms with Crippen LogP contribution < -0.4 is 4.80 Å². The third-order valence-corrected chi connectivity index (χ3v) is 4.95. The molecule has 0 N–H and O–H groups in total. The van der Waals surface area contributed by atoms with Crippen LogP contribution in [0.3, 0.4) is 0 Å². The van der Waals surface area contributed by atoms with Gasteiger partial charge in [-0.1, -0.05) is 57.1 Å². The smallest absolute Gasteiger partial charge is 0.267 e. The molecule has 0 fully saturated rings. The molecule has 0 aliphatic carbocycles. The van der Waals surface area contributed by atoms with Crippen LogP contribution in [0.25, 0.3) is 0 Å². The predicted octanol–water partition coefficient (Wildman–Crippen LogP) is 4.58. The summed E-state index contributed by atoms with van der Waals surface area (Å²) in [6.45, 7) is 8.92. The van der Waals surface area contributed by atoms with Gasteiger partial charge in [0.05, 0.1) is 5.56 Å². The van der Waals surface area contributed by atoms with Crippen LogP contribution in [0.15, 0.2) is 23.2 Å². The third kappa shape index (κ3) is 4.51. The molecule has 0 saturated carbocycles. The van der Waals surface area contributed by atoms with E-state index in [-0.39, 0.29) is 11.0 Å². The van der Waals surface area contributed by atoms with E-state index < -0.39 is 11.7 Å². The van der Waals surface area contributed by atoms with Crippen molar-refractivity contribution in [1.82, 2.24) is 9.78 Å². The van der Waals surface area contributed by atoms with Crippen LogP contribution in [0, 0.1) is 5.82 Å². The first-order valence-electron chi connectivity index (χ1n) is 7.85. The quantitative estimate of drug-likeness (QED) is 0.792. The lowest BCUT2D eigenvalue weighted by Crippen LogP contribution is -2.19. The van der Waals surface area contributed by atoms with Crippen molar-refractivity contribution in [3.8, 4) is 0 Å². The van der Waals surface area contributed by atoms with Gasteiger partial charge < -0.3 is 0 Å². The molecule has 1 heterocycles. The molecule has 0 aliphatic rings. The Balaban J connectivity index is 2.48. The summed E-state index contributed by atoms with van der Waals surface area (Å²) < 4.78 is 15.6. The Labute approximate surface area is 150 Å². The second-order valence-electron chi connectivity index (χ2n) is 6.56. The van der Waals surface area contributed by atoms with E-state index in [2.05, 4.69) is 37.8 Å². The van der Waals surface area contributed by atoms with Crippen LogP contribution in [-0.2, 0) is 12.0 Å². The van der Waals surface area contributed by atoms with Gasteiger partial charge in [-0.05, 0) is 24.6 Å². The maximum atomic E-state index is 13.9. The van der Waals surface area contributed by atoms with Gasteiger partial charge in [-0.3, -0.25) is 4.79 Å². The standard InChI is InChI=1S/C17H21ClFN3OS/c1-5-6-9-22-16(24-15(21-22)17(2,3)4)20-14(23)12-10-11(18)7-8-13(12)19/h7-8,10H,5-6,9H2,1-4H3/b20-16-. The van der Waals surface area contributed by atoms with E-state index in [1.54, 1.807) is 4.68 Å². The Morgan fingerprint density at radius 1 is 1.42 bits per heavy atom. The first-order chi connectivity index (χ1) is 11.2. The lowest BCUT2D eigenvalue weighted by atomic mass is 9.98. The number of carbonyl (C=O) groups is 1. The van der Waals surface area contributed by atoms with E-state index in [1.165, 1.54) is 29.5 Å². The van der Waals surface area contributed by atoms with Crippen LogP contribution in [0.5, 0.6) is 0 Å². The molecule has 0 radical (unpaired) electrons. The first-order valence-corrected chi connectivity index (χ1v) is 9.04. The molecule has 0 saturated heterocycles. The third-order valence-electron chi connectivity index (χ3n) is 3.34. The van der Waals surface area contributed by atoms with E-state index in [1.807, 2.05) is 0 Å². The second-order valence-corrected chi connectivity index (χ2v) is 7.95. The molecular weight excluding hydrogens is 349 g/mol. The van der Waals surface area contributed by atoms with Gasteiger partial charge in [0.15, 0.2) is 0 Å². The summed E-state index contributed by atoms with van der Waals surface area (Å²) in [5.41, 5.74) is -0.272. The predicted molar refractivity (Wildman–Crippen MR) is 95.0 cm³/mol. The summed E-state index contributed by atoms with van der Waals surface area (Å²) in [7, 11) is 0. The summed E-state index contributed by atoms with van der Waals surface area (Å²) in [6.07, 6.45) is 1.94. The molecule has 0 aliphatic heterocycles. The Hall–Kier alpha value is -1.53. The zero-order chi connectivity index (χ0) is 17.9. The Kier molecular flexibility index (Phi) is 5.93. The molecule has 1 aromatic carbocycles. The van der Waals surface area contributed by atoms with Crippen molar-refractivity contribution in [1.29, 1.82) is 0 Å². The van der Waals surface area contributed by atoms with Crippen molar-refractivity contribution in [3.05, 3.63) is 44.4 Å². The van der Waals surface area contributed by atoms with E-state index in [0.717, 1.165) is 17.8 Å². The number of nitrogens with zero attached hydrogens (tertiary/aromatic N) is 3. The van der Waals surface area contributed by atoms with Crippen LogP contribution in [-0.4, -0.2) is 15.7 Å². The van der Waals surface area contributed by atoms with E-state index >= 15 is 0 Å². The van der Waals surface area contributed by atoms with Crippen molar-refractivity contribution < 1.29 is 9.18 Å². The minimum Gasteiger partial charge on any atom is -0.267 e. The summed E-state index contributed by atoms with van der Waals surface area (Å²) in [4.78, 5) is 17.0. The Morgan fingerprint density at radius 2 is 2.12 bits per heavy atom. The molecule has 7 heteroatoms. The largest absolute Gasteiger partial charge is 0.282 e. The van der Waals surface area contributed by atoms with Gasteiger partial charge >= 0.3 is 0 Å². The van der Waals surface area contributed by atoms with Gasteiger partial charge in [-0.15, -0.1) is 0 Å². The lowest BCUT2D eigenvalue weighted by Gasteiger charge is -2.12. The molecule has 0 spiro atoms. The van der Waals surface area contributed by atoms with Gasteiger partial charge in [-0.25, -0.2) is 9.07 Å². The number of rotatable bonds is 4. The SMILES string of the molecule is CCCCn1nc(C(C)(C)C)s/c1=N\C(=O)c1cc(Cl)ccc1F. The lowest BCUT2D eigenvalue weighted by molar-refractivity contribution is 0.0993. The van der Waals surface area contributed by atoms with Gasteiger partial charge in [0.1, 0.15) is 10.8 Å². The van der Waals surface area contributed by atoms with E-state index in [9.17, 15) is 9.18 Å². The number of hydrogen-bond acceptors (Lipinski definition) is 3. The van der Waals surface area contributed by atoms with Crippen molar-refractivity contribution in [3.63, 3.8) is 0 Å². The monoisotopic (exact) mass is 369 g/mol. The molecule has 1 amide bonds. The minimum absolute atomic E-state index is 0.129. The Morgan fingerprint density at radius 3 is 2.75 bits per heavy atom. The number of halogens is 2. The normalized spacial score (nSPS) is 12.7. The van der Waals surface area contributed by atoms with Crippen LogP contribution >= 0.6 is 22.9 Å². The number of carbonyl (C=O) groups excluding carboxylic acids is 1. The molecule has 2 rings (SSSR count). The Bertz CT molecular complexity index is 805. The van der Waals surface area contributed by atoms with Crippen LogP contribution in [0.2, 0.25) is 5.02 Å². The number of unbranched alkanes of at least 4 members (excludes halogenated alkanes) is 1. The van der Waals surface area contributed by atoms with Gasteiger partial charge in [0.2, 0.25) is 4.80 Å². The molecule has 1 aromatic heterocycles. The zero-order valence-electron chi connectivity index (χ0n) is 14.3. The van der Waals surface area contributed by atoms with Crippen LogP contribution in [0.1, 0.15) is 55.9 Å². The van der Waals surface area contributed by atoms with Crippen molar-refractivity contribution >= 4 is 28.8 Å². The number of aromatic nitrogens is 2. The van der Waals surface area contributed by atoms with E-state index in [0.29, 0.717) is 16.4 Å². The maximum absolute atomic E-state index is 13.9. The fourth-order valence-corrected chi connectivity index (χ4v) is 3.11. The summed E-state index contributed by atoms with van der Waals surface area (Å²) in [5.74, 6) is -1.28. The summed E-state index contributed by atoms with van der Waals surface area (Å²) in [5, 5.41) is 5.76. The highest BCUT2D eigenvalue weighted by atomic mass is 35.5. The van der Waals surface area contributed by atoms with Gasteiger partial charge in [0, 0.05) is 17.0 Å². The van der Waals surface area contributed by atoms with E-state index in [4.69, 9.17) is 11.6 Å². The molecule has 4 nitrogen and oxygen atoms in total. The summed E-state index contributed by atoms with van der Waals surface area (Å²) >= 11 is 7.21. The highest BCUT2D eigenvalue weighted by Crippen LogP contribution is 2.22. The fourth-order valence-electron chi connectivity index (χ4n) is 1.96. The highest BCUT2D eigenvalue weighted by molar-refractivity contribution is 7.09. The second kappa shape index (κ2) is 7.57. The topological polar surface area (TPSA) is 47.2 Å². The highest BCUT2D eigenvalue weighted by Gasteiger charge is 2.20. The van der Waals surface area contributed by atoms with Crippen LogP contribution in [0.4, 0.5) is 4.39 Å². The molecule has 24 heavy (non-hydrogen) atoms. The summed E-state index contributed by atoms with van der Waals surface area (Å²) in [6, 6.07) is 3.87. The minimum atomic E-state index is -0.649. The first kappa shape index (κ1) is 18.8. The molecule has 2 aromatic rings. The molecule has 130 valence electrons. The molecular formula is C17H21ClFN3OS. The van der Waals surface area contributed by atoms with Gasteiger partial charge in [0.25, 0.3) is 5.91 Å². The zero-order valence-corrected chi connectivity index (χ0v) is 15.8. The number of amides is 1. The molecule has 0 unspecified atom stereocenters. The fraction of sp³-hybridized carbons (Fsp3) is 0.471. The van der Waals surface area contributed by atoms with Crippen molar-refractivity contribution in [2.45, 2.75) is 52.5 Å².